The molecule has 1 saturated heterocycles. The first-order chi connectivity index (χ1) is 11.6. The van der Waals surface area contributed by atoms with Gasteiger partial charge in [-0.2, -0.15) is 13.2 Å². The number of nitrogens with zero attached hydrogens (tertiary/aromatic N) is 1. The summed E-state index contributed by atoms with van der Waals surface area (Å²) in [6.45, 7) is 3.25. The molecule has 0 spiro atoms. The predicted octanol–water partition coefficient (Wildman–Crippen LogP) is 3.06. The third kappa shape index (κ3) is 4.64. The summed E-state index contributed by atoms with van der Waals surface area (Å²) >= 11 is 0. The van der Waals surface area contributed by atoms with Crippen molar-refractivity contribution in [2.45, 2.75) is 20.0 Å². The molecule has 0 bridgehead atoms. The van der Waals surface area contributed by atoms with Gasteiger partial charge in [0.2, 0.25) is 0 Å². The quantitative estimate of drug-likeness (QED) is 0.877. The van der Waals surface area contributed by atoms with Gasteiger partial charge in [0.25, 0.3) is 5.91 Å². The van der Waals surface area contributed by atoms with Gasteiger partial charge in [-0.15, -0.1) is 0 Å². The van der Waals surface area contributed by atoms with Crippen LogP contribution in [-0.2, 0) is 4.79 Å². The Kier molecular flexibility index (Phi) is 5.59. The van der Waals surface area contributed by atoms with Gasteiger partial charge in [0, 0.05) is 18.7 Å². The number of carbonyl (C=O) groups is 2. The molecule has 1 aliphatic heterocycles. The van der Waals surface area contributed by atoms with Gasteiger partial charge in [-0.05, 0) is 24.1 Å². The number of carbonyl (C=O) groups excluding carboxylic acids is 1. The van der Waals surface area contributed by atoms with Crippen LogP contribution in [0, 0.1) is 17.8 Å². The molecule has 1 N–H and O–H groups in total. The van der Waals surface area contributed by atoms with Gasteiger partial charge in [0.1, 0.15) is 5.75 Å². The minimum Gasteiger partial charge on any atom is -0.493 e. The van der Waals surface area contributed by atoms with Crippen molar-refractivity contribution in [2.75, 3.05) is 19.7 Å². The van der Waals surface area contributed by atoms with Crippen molar-refractivity contribution < 1.29 is 32.6 Å². The Hall–Kier alpha value is -2.25. The molecule has 0 unspecified atom stereocenters. The van der Waals surface area contributed by atoms with Gasteiger partial charge >= 0.3 is 12.1 Å². The number of likely N-dealkylation sites (tertiary alicyclic amines) is 1. The SMILES string of the molecule is CC(C)COc1cccc(C(=O)N2C[C@@H](C(F)(F)F)[C@H](C(=O)O)C2)c1. The molecule has 138 valence electrons. The van der Waals surface area contributed by atoms with Gasteiger partial charge in [-0.1, -0.05) is 19.9 Å². The summed E-state index contributed by atoms with van der Waals surface area (Å²) in [6, 6.07) is 6.17. The molecule has 1 heterocycles. The highest BCUT2D eigenvalue weighted by Crippen LogP contribution is 2.38. The molecule has 1 amide bonds. The molecule has 0 saturated carbocycles. The smallest absolute Gasteiger partial charge is 0.394 e. The highest BCUT2D eigenvalue weighted by atomic mass is 19.4. The number of ether oxygens (including phenoxy) is 1. The summed E-state index contributed by atoms with van der Waals surface area (Å²) in [5.41, 5.74) is 0.174. The molecule has 25 heavy (non-hydrogen) atoms. The van der Waals surface area contributed by atoms with Crippen LogP contribution in [0.25, 0.3) is 0 Å². The summed E-state index contributed by atoms with van der Waals surface area (Å²) in [5, 5.41) is 9.03. The lowest BCUT2D eigenvalue weighted by Crippen LogP contribution is -2.34. The van der Waals surface area contributed by atoms with Crippen molar-refractivity contribution in [3.8, 4) is 5.75 Å². The van der Waals surface area contributed by atoms with Gasteiger partial charge in [-0.3, -0.25) is 9.59 Å². The molecule has 2 atom stereocenters. The van der Waals surface area contributed by atoms with Crippen LogP contribution in [0.5, 0.6) is 5.75 Å². The van der Waals surface area contributed by atoms with Gasteiger partial charge in [0.05, 0.1) is 18.4 Å². The molecule has 8 heteroatoms. The Bertz CT molecular complexity index is 645. The number of rotatable bonds is 5. The summed E-state index contributed by atoms with van der Waals surface area (Å²) < 4.78 is 44.6. The number of aliphatic carboxylic acids is 1. The molecular formula is C17H20F3NO4. The normalized spacial score (nSPS) is 20.8. The van der Waals surface area contributed by atoms with E-state index >= 15 is 0 Å². The average Bonchev–Trinajstić information content (AvgIpc) is 2.98. The molecule has 1 aromatic carbocycles. The lowest BCUT2D eigenvalue weighted by molar-refractivity contribution is -0.187. The minimum atomic E-state index is -4.67. The van der Waals surface area contributed by atoms with Crippen LogP contribution < -0.4 is 4.74 Å². The fraction of sp³-hybridized carbons (Fsp3) is 0.529. The van der Waals surface area contributed by atoms with Crippen LogP contribution in [0.4, 0.5) is 13.2 Å². The highest BCUT2D eigenvalue weighted by Gasteiger charge is 2.53. The van der Waals surface area contributed by atoms with Crippen LogP contribution in [0.1, 0.15) is 24.2 Å². The molecule has 1 aliphatic rings. The van der Waals surface area contributed by atoms with E-state index < -0.39 is 43.0 Å². The summed E-state index contributed by atoms with van der Waals surface area (Å²) in [5.74, 6) is -5.17. The van der Waals surface area contributed by atoms with E-state index in [-0.39, 0.29) is 11.5 Å². The van der Waals surface area contributed by atoms with E-state index in [9.17, 15) is 22.8 Å². The van der Waals surface area contributed by atoms with Gasteiger partial charge < -0.3 is 14.7 Å². The lowest BCUT2D eigenvalue weighted by atomic mass is 9.96. The summed E-state index contributed by atoms with van der Waals surface area (Å²) in [6.07, 6.45) is -4.67. The van der Waals surface area contributed by atoms with Gasteiger partial charge in [-0.25, -0.2) is 0 Å². The number of hydrogen-bond acceptors (Lipinski definition) is 3. The summed E-state index contributed by atoms with van der Waals surface area (Å²) in [4.78, 5) is 24.5. The topological polar surface area (TPSA) is 66.8 Å². The van der Waals surface area contributed by atoms with Crippen molar-refractivity contribution in [1.29, 1.82) is 0 Å². The number of carboxylic acid groups (broad SMARTS) is 1. The molecule has 5 nitrogen and oxygen atoms in total. The molecule has 0 radical (unpaired) electrons. The van der Waals surface area contributed by atoms with E-state index in [0.29, 0.717) is 12.4 Å². The Morgan fingerprint density at radius 3 is 2.52 bits per heavy atom. The number of alkyl halides is 3. The Labute approximate surface area is 143 Å². The Morgan fingerprint density at radius 2 is 2.00 bits per heavy atom. The zero-order valence-corrected chi connectivity index (χ0v) is 13.9. The van der Waals surface area contributed by atoms with Crippen LogP contribution >= 0.6 is 0 Å². The van der Waals surface area contributed by atoms with Crippen molar-refractivity contribution in [2.24, 2.45) is 17.8 Å². The average molecular weight is 359 g/mol. The maximum absolute atomic E-state index is 13.0. The highest BCUT2D eigenvalue weighted by molar-refractivity contribution is 5.95. The van der Waals surface area contributed by atoms with Gasteiger partial charge in [0.15, 0.2) is 0 Å². The Morgan fingerprint density at radius 1 is 1.32 bits per heavy atom. The summed E-state index contributed by atoms with van der Waals surface area (Å²) in [7, 11) is 0. The van der Waals surface area contributed by atoms with Crippen molar-refractivity contribution >= 4 is 11.9 Å². The number of halogens is 3. The second-order valence-electron chi connectivity index (χ2n) is 6.54. The van der Waals surface area contributed by atoms with E-state index in [1.807, 2.05) is 13.8 Å². The van der Waals surface area contributed by atoms with E-state index in [2.05, 4.69) is 0 Å². The fourth-order valence-corrected chi connectivity index (χ4v) is 2.72. The number of hydrogen-bond donors (Lipinski definition) is 1. The number of amides is 1. The third-order valence-electron chi connectivity index (χ3n) is 4.01. The van der Waals surface area contributed by atoms with Crippen LogP contribution in [0.2, 0.25) is 0 Å². The van der Waals surface area contributed by atoms with Crippen LogP contribution in [-0.4, -0.2) is 47.8 Å². The second-order valence-corrected chi connectivity index (χ2v) is 6.54. The molecule has 0 aliphatic carbocycles. The maximum Gasteiger partial charge on any atom is 0.394 e. The minimum absolute atomic E-state index is 0.174. The fourth-order valence-electron chi connectivity index (χ4n) is 2.72. The predicted molar refractivity (Wildman–Crippen MR) is 83.3 cm³/mol. The van der Waals surface area contributed by atoms with Crippen LogP contribution in [0.3, 0.4) is 0 Å². The zero-order chi connectivity index (χ0) is 18.8. The monoisotopic (exact) mass is 359 g/mol. The van der Waals surface area contributed by atoms with Crippen LogP contribution in [0.15, 0.2) is 24.3 Å². The second kappa shape index (κ2) is 7.33. The molecule has 0 aromatic heterocycles. The van der Waals surface area contributed by atoms with E-state index in [0.717, 1.165) is 4.90 Å². The maximum atomic E-state index is 13.0. The molecule has 2 rings (SSSR count). The lowest BCUT2D eigenvalue weighted by Gasteiger charge is -2.18. The van der Waals surface area contributed by atoms with E-state index in [1.165, 1.54) is 12.1 Å². The molecular weight excluding hydrogens is 339 g/mol. The largest absolute Gasteiger partial charge is 0.493 e. The standard InChI is InChI=1S/C17H20F3NO4/c1-10(2)9-25-12-5-3-4-11(6-12)15(22)21-7-13(16(23)24)14(8-21)17(18,19)20/h3-6,10,13-14H,7-9H2,1-2H3,(H,23,24)/t13-,14-/m1/s1. The number of carboxylic acids is 1. The third-order valence-corrected chi connectivity index (χ3v) is 4.01. The first kappa shape index (κ1) is 19.1. The molecule has 1 aromatic rings. The molecule has 1 fully saturated rings. The number of benzene rings is 1. The first-order valence-electron chi connectivity index (χ1n) is 7.91. The van der Waals surface area contributed by atoms with Crippen molar-refractivity contribution in [3.05, 3.63) is 29.8 Å². The van der Waals surface area contributed by atoms with E-state index in [4.69, 9.17) is 9.84 Å². The zero-order valence-electron chi connectivity index (χ0n) is 13.9. The van der Waals surface area contributed by atoms with Crippen molar-refractivity contribution in [1.82, 2.24) is 4.90 Å². The van der Waals surface area contributed by atoms with Crippen molar-refractivity contribution in [3.63, 3.8) is 0 Å². The Balaban J connectivity index is 2.15. The van der Waals surface area contributed by atoms with E-state index in [1.54, 1.807) is 12.1 Å². The first-order valence-corrected chi connectivity index (χ1v) is 7.91.